The van der Waals surface area contributed by atoms with Crippen molar-refractivity contribution in [2.45, 2.75) is 44.7 Å². The van der Waals surface area contributed by atoms with Gasteiger partial charge in [-0.25, -0.2) is 8.42 Å². The van der Waals surface area contributed by atoms with Crippen molar-refractivity contribution < 1.29 is 27.5 Å². The monoisotopic (exact) mass is 657 g/mol. The summed E-state index contributed by atoms with van der Waals surface area (Å²) in [7, 11) is -1.36. The van der Waals surface area contributed by atoms with E-state index in [1.54, 1.807) is 36.4 Å². The molecule has 2 amide bonds. The summed E-state index contributed by atoms with van der Waals surface area (Å²) in [6.07, 6.45) is 0.238. The van der Waals surface area contributed by atoms with Gasteiger partial charge in [-0.3, -0.25) is 13.9 Å². The fourth-order valence-electron chi connectivity index (χ4n) is 5.17. The van der Waals surface area contributed by atoms with E-state index in [9.17, 15) is 18.0 Å². The van der Waals surface area contributed by atoms with E-state index < -0.39 is 28.5 Å². The Kier molecular flexibility index (Phi) is 12.0. The largest absolute Gasteiger partial charge is 0.497 e. The van der Waals surface area contributed by atoms with Crippen LogP contribution in [0.25, 0.3) is 0 Å². The molecule has 0 unspecified atom stereocenters. The minimum Gasteiger partial charge on any atom is -0.497 e. The van der Waals surface area contributed by atoms with Gasteiger partial charge < -0.3 is 19.7 Å². The van der Waals surface area contributed by atoms with Gasteiger partial charge in [0.15, 0.2) is 0 Å². The van der Waals surface area contributed by atoms with E-state index in [1.165, 1.54) is 31.3 Å². The van der Waals surface area contributed by atoms with E-state index in [2.05, 4.69) is 5.32 Å². The summed E-state index contributed by atoms with van der Waals surface area (Å²) < 4.78 is 40.5. The van der Waals surface area contributed by atoms with Crippen molar-refractivity contribution in [3.63, 3.8) is 0 Å². The lowest BCUT2D eigenvalue weighted by Crippen LogP contribution is -2.53. The van der Waals surface area contributed by atoms with Crippen molar-refractivity contribution in [3.8, 4) is 11.5 Å². The van der Waals surface area contributed by atoms with Crippen LogP contribution in [-0.4, -0.2) is 58.5 Å². The molecule has 47 heavy (non-hydrogen) atoms. The second kappa shape index (κ2) is 16.1. The zero-order chi connectivity index (χ0) is 34.0. The third-order valence-electron chi connectivity index (χ3n) is 7.84. The zero-order valence-corrected chi connectivity index (χ0v) is 28.4. The van der Waals surface area contributed by atoms with Crippen LogP contribution >= 0.6 is 0 Å². The fourth-order valence-corrected chi connectivity index (χ4v) is 6.60. The standard InChI is InChI=1S/C37H43N3O6S/c1-27(2)24-38-37(42)34(23-29-14-7-6-8-15-29)39(25-30-16-10-9-13-28(30)3)36(41)26-40(33-17-11-12-18-35(33)46-5)47(43,44)32-21-19-31(45-4)20-22-32/h6-22,27,34H,23-26H2,1-5H3,(H,38,42)/t34-/m0/s1. The zero-order valence-electron chi connectivity index (χ0n) is 27.6. The molecule has 0 bridgehead atoms. The lowest BCUT2D eigenvalue weighted by Gasteiger charge is -2.34. The number of carbonyl (C=O) groups excluding carboxylic acids is 2. The maximum absolute atomic E-state index is 14.7. The molecule has 0 spiro atoms. The molecule has 4 aromatic carbocycles. The SMILES string of the molecule is COc1ccc(S(=O)(=O)N(CC(=O)N(Cc2ccccc2C)[C@@H](Cc2ccccc2)C(=O)NCC(C)C)c2ccccc2OC)cc1. The van der Waals surface area contributed by atoms with Crippen LogP contribution in [0.3, 0.4) is 0 Å². The van der Waals surface area contributed by atoms with E-state index >= 15 is 0 Å². The molecule has 0 aliphatic heterocycles. The summed E-state index contributed by atoms with van der Waals surface area (Å²) in [5.41, 5.74) is 2.85. The lowest BCUT2D eigenvalue weighted by atomic mass is 10.0. The number of nitrogens with zero attached hydrogens (tertiary/aromatic N) is 2. The first kappa shape index (κ1) is 35.0. The highest BCUT2D eigenvalue weighted by Crippen LogP contribution is 2.33. The minimum absolute atomic E-state index is 0.0297. The van der Waals surface area contributed by atoms with Crippen molar-refractivity contribution in [2.24, 2.45) is 5.92 Å². The third-order valence-corrected chi connectivity index (χ3v) is 9.61. The quantitative estimate of drug-likeness (QED) is 0.178. The van der Waals surface area contributed by atoms with Crippen LogP contribution in [0.5, 0.6) is 11.5 Å². The molecule has 0 saturated carbocycles. The Bertz CT molecular complexity index is 1740. The number of para-hydroxylation sites is 2. The topological polar surface area (TPSA) is 105 Å². The summed E-state index contributed by atoms with van der Waals surface area (Å²) in [6.45, 7) is 5.88. The summed E-state index contributed by atoms with van der Waals surface area (Å²) >= 11 is 0. The van der Waals surface area contributed by atoms with Gasteiger partial charge in [0.05, 0.1) is 24.8 Å². The average molecular weight is 658 g/mol. The molecule has 4 aromatic rings. The van der Waals surface area contributed by atoms with Gasteiger partial charge in [0.25, 0.3) is 10.0 Å². The van der Waals surface area contributed by atoms with Crippen molar-refractivity contribution in [2.75, 3.05) is 31.6 Å². The van der Waals surface area contributed by atoms with Gasteiger partial charge in [-0.15, -0.1) is 0 Å². The predicted molar refractivity (Wildman–Crippen MR) is 184 cm³/mol. The number of benzene rings is 4. The Morgan fingerprint density at radius 1 is 0.809 bits per heavy atom. The van der Waals surface area contributed by atoms with Crippen LogP contribution in [-0.2, 0) is 32.6 Å². The van der Waals surface area contributed by atoms with Crippen LogP contribution in [0.4, 0.5) is 5.69 Å². The number of ether oxygens (including phenoxy) is 2. The van der Waals surface area contributed by atoms with Crippen molar-refractivity contribution in [1.82, 2.24) is 10.2 Å². The van der Waals surface area contributed by atoms with Crippen LogP contribution < -0.4 is 19.1 Å². The van der Waals surface area contributed by atoms with Gasteiger partial charge in [-0.1, -0.05) is 80.6 Å². The molecule has 0 aliphatic carbocycles. The van der Waals surface area contributed by atoms with Crippen molar-refractivity contribution >= 4 is 27.5 Å². The first-order valence-corrected chi connectivity index (χ1v) is 16.9. The number of anilines is 1. The maximum Gasteiger partial charge on any atom is 0.264 e. The van der Waals surface area contributed by atoms with E-state index in [0.717, 1.165) is 21.0 Å². The van der Waals surface area contributed by atoms with Crippen LogP contribution in [0.1, 0.15) is 30.5 Å². The van der Waals surface area contributed by atoms with Gasteiger partial charge in [0.2, 0.25) is 11.8 Å². The van der Waals surface area contributed by atoms with Gasteiger partial charge in [-0.05, 0) is 65.9 Å². The molecule has 1 N–H and O–H groups in total. The van der Waals surface area contributed by atoms with Gasteiger partial charge >= 0.3 is 0 Å². The van der Waals surface area contributed by atoms with Gasteiger partial charge in [0, 0.05) is 19.5 Å². The first-order chi connectivity index (χ1) is 22.5. The number of methoxy groups -OCH3 is 2. The van der Waals surface area contributed by atoms with Crippen molar-refractivity contribution in [1.29, 1.82) is 0 Å². The summed E-state index contributed by atoms with van der Waals surface area (Å²) in [6, 6.07) is 28.8. The number of carbonyl (C=O) groups is 2. The van der Waals surface area contributed by atoms with E-state index in [-0.39, 0.29) is 41.1 Å². The molecule has 1 atom stereocenters. The van der Waals surface area contributed by atoms with Gasteiger partial charge in [-0.2, -0.15) is 0 Å². The molecular weight excluding hydrogens is 614 g/mol. The predicted octanol–water partition coefficient (Wildman–Crippen LogP) is 5.62. The number of nitrogens with one attached hydrogen (secondary N) is 1. The smallest absolute Gasteiger partial charge is 0.264 e. The van der Waals surface area contributed by atoms with E-state index in [1.807, 2.05) is 75.4 Å². The average Bonchev–Trinajstić information content (AvgIpc) is 3.08. The molecular formula is C37H43N3O6S. The summed E-state index contributed by atoms with van der Waals surface area (Å²) in [5.74, 6) is 0.0959. The Labute approximate surface area is 278 Å². The van der Waals surface area contributed by atoms with Crippen molar-refractivity contribution in [3.05, 3.63) is 120 Å². The lowest BCUT2D eigenvalue weighted by molar-refractivity contribution is -0.140. The summed E-state index contributed by atoms with van der Waals surface area (Å²) in [4.78, 5) is 30.1. The van der Waals surface area contributed by atoms with E-state index in [0.29, 0.717) is 12.3 Å². The van der Waals surface area contributed by atoms with Crippen LogP contribution in [0, 0.1) is 12.8 Å². The second-order valence-corrected chi connectivity index (χ2v) is 13.5. The number of hydrogen-bond donors (Lipinski definition) is 1. The van der Waals surface area contributed by atoms with Crippen LogP contribution in [0.15, 0.2) is 108 Å². The Hall–Kier alpha value is -4.83. The molecule has 9 nitrogen and oxygen atoms in total. The molecule has 0 fully saturated rings. The molecule has 0 heterocycles. The highest BCUT2D eigenvalue weighted by atomic mass is 32.2. The Morgan fingerprint density at radius 2 is 1.45 bits per heavy atom. The second-order valence-electron chi connectivity index (χ2n) is 11.7. The van der Waals surface area contributed by atoms with Gasteiger partial charge in [0.1, 0.15) is 24.1 Å². The highest BCUT2D eigenvalue weighted by molar-refractivity contribution is 7.92. The van der Waals surface area contributed by atoms with E-state index in [4.69, 9.17) is 9.47 Å². The number of aryl methyl sites for hydroxylation is 1. The Morgan fingerprint density at radius 3 is 2.09 bits per heavy atom. The maximum atomic E-state index is 14.7. The minimum atomic E-state index is -4.30. The molecule has 0 saturated heterocycles. The third kappa shape index (κ3) is 8.92. The molecule has 0 aliphatic rings. The molecule has 10 heteroatoms. The molecule has 0 aromatic heterocycles. The fraction of sp³-hybridized carbons (Fsp3) is 0.297. The molecule has 0 radical (unpaired) electrons. The normalized spacial score (nSPS) is 11.9. The Balaban J connectivity index is 1.83. The number of rotatable bonds is 15. The number of sulfonamides is 1. The first-order valence-electron chi connectivity index (χ1n) is 15.5. The highest BCUT2D eigenvalue weighted by Gasteiger charge is 2.35. The summed E-state index contributed by atoms with van der Waals surface area (Å²) in [5, 5.41) is 3.01. The molecule has 248 valence electrons. The number of amides is 2. The molecule has 4 rings (SSSR count). The van der Waals surface area contributed by atoms with Crippen LogP contribution in [0.2, 0.25) is 0 Å². The number of hydrogen-bond acceptors (Lipinski definition) is 6.